The molecule has 31 N–H and O–H groups in total. The maximum atomic E-state index is 14.9. The molecule has 2 aliphatic heterocycles. The fourth-order valence-corrected chi connectivity index (χ4v) is 14.4. The molecule has 2 fully saturated rings. The topological polar surface area (TPSA) is 792 Å². The van der Waals surface area contributed by atoms with Gasteiger partial charge in [0.15, 0.2) is 5.96 Å². The maximum Gasteiger partial charge on any atom is 0.326 e. The van der Waals surface area contributed by atoms with Crippen LogP contribution in [0.25, 0.3) is 0 Å². The number of guanidine groups is 1. The lowest BCUT2D eigenvalue weighted by atomic mass is 10.0. The van der Waals surface area contributed by atoms with E-state index in [1.165, 1.54) is 36.8 Å². The number of phenols is 1. The van der Waals surface area contributed by atoms with Gasteiger partial charge in [0.1, 0.15) is 78.3 Å². The van der Waals surface area contributed by atoms with Crippen molar-refractivity contribution in [2.24, 2.45) is 34.6 Å². The number of H-pyrrole nitrogens is 1. The number of rotatable bonds is 56. The predicted octanol–water partition coefficient (Wildman–Crippen LogP) is -8.86. The number of phenolic OH excluding ortho intramolecular Hbond substituents is 1. The quantitative estimate of drug-likeness (QED) is 0.0111. The van der Waals surface area contributed by atoms with Gasteiger partial charge in [-0.25, -0.2) is 9.78 Å². The summed E-state index contributed by atoms with van der Waals surface area (Å²) in [6.07, 6.45) is -2.28. The molecule has 730 valence electrons. The highest BCUT2D eigenvalue weighted by Crippen LogP contribution is 2.23. The summed E-state index contributed by atoms with van der Waals surface area (Å²) >= 11 is 0. The zero-order chi connectivity index (χ0) is 98.8. The van der Waals surface area contributed by atoms with Gasteiger partial charge in [0.25, 0.3) is 0 Å². The number of aromatic hydroxyl groups is 1. The largest absolute Gasteiger partial charge is 0.508 e. The minimum Gasteiger partial charge on any atom is -0.508 e. The minimum absolute atomic E-state index is 0.0357. The molecule has 0 aliphatic carbocycles. The highest BCUT2D eigenvalue weighted by atomic mass is 16.4. The molecule has 3 aromatic carbocycles. The normalized spacial score (nSPS) is 16.0. The number of aliphatic hydroxyl groups is 1. The number of hydrogen-bond donors (Lipinski definition) is 26. The second kappa shape index (κ2) is 54.8. The van der Waals surface area contributed by atoms with Crippen LogP contribution in [0.3, 0.4) is 0 Å². The molecule has 134 heavy (non-hydrogen) atoms. The summed E-state index contributed by atoms with van der Waals surface area (Å²) in [6.45, 7) is 1.09. The van der Waals surface area contributed by atoms with Crippen LogP contribution in [-0.4, -0.2) is 301 Å². The van der Waals surface area contributed by atoms with Crippen LogP contribution in [-0.2, 0) is 122 Å². The van der Waals surface area contributed by atoms with Crippen LogP contribution >= 0.6 is 0 Å². The van der Waals surface area contributed by atoms with Crippen molar-refractivity contribution in [3.8, 4) is 5.75 Å². The highest BCUT2D eigenvalue weighted by Gasteiger charge is 2.43. The molecule has 3 heterocycles. The smallest absolute Gasteiger partial charge is 0.326 e. The Morgan fingerprint density at radius 2 is 0.955 bits per heavy atom. The number of imidazole rings is 1. The first kappa shape index (κ1) is 108. The first-order chi connectivity index (χ1) is 63.6. The van der Waals surface area contributed by atoms with Crippen molar-refractivity contribution < 1.29 is 116 Å². The monoisotopic (exact) mass is 1880 g/mol. The number of carbonyl (C=O) groups is 20. The molecule has 6 rings (SSSR count). The number of carboxylic acid groups (broad SMARTS) is 2. The van der Waals surface area contributed by atoms with Gasteiger partial charge < -0.3 is 144 Å². The Bertz CT molecular complexity index is 4760. The number of amides is 18. The lowest BCUT2D eigenvalue weighted by molar-refractivity contribution is -0.148. The SMILES string of the molecule is CC(C)C[C@H](NC(=O)CNC(=O)CNC(=O)[C@H](Cc1ccccc1)NC(=O)[C@H](Cc1cnc[nH]1)NC(=O)CNC(=O)[C@@H](NC(=O)[C@H](CCN)NC(=O)[C@H](Cc1ccccc1)NC(=O)[C@H](CCCNC(=N)N)NC(=O)[C@@H](N)CCC(N)=O)[C@@H](C)O)C(=O)N[C@@H](Cc1ccc(O)cc1)C(=O)N1CCC[C@H]1C(=O)N[C@@H](CCC(=O)O)C(=O)N[C@@H](CC(N)=O)C(=O)NCC(=O)N1CCC[C@H]1C(=O)O. The highest BCUT2D eigenvalue weighted by molar-refractivity contribution is 6.01. The number of benzene rings is 3. The summed E-state index contributed by atoms with van der Waals surface area (Å²) < 4.78 is 0. The average Bonchev–Trinajstić information content (AvgIpc) is 1.65. The maximum absolute atomic E-state index is 14.9. The number of hydrogen-bond acceptors (Lipinski definition) is 26. The van der Waals surface area contributed by atoms with Crippen LogP contribution in [0.4, 0.5) is 0 Å². The van der Waals surface area contributed by atoms with E-state index < -0.39 is 248 Å². The van der Waals surface area contributed by atoms with Crippen molar-refractivity contribution in [1.82, 2.24) is 99.5 Å². The third-order valence-electron chi connectivity index (χ3n) is 21.3. The Hall–Kier alpha value is -14.8. The fourth-order valence-electron chi connectivity index (χ4n) is 14.4. The van der Waals surface area contributed by atoms with Crippen molar-refractivity contribution in [3.05, 3.63) is 120 Å². The molecule has 49 nitrogen and oxygen atoms in total. The Kier molecular flexibility index (Phi) is 44.1. The number of aromatic nitrogens is 2. The van der Waals surface area contributed by atoms with Gasteiger partial charge in [0, 0.05) is 70.0 Å². The molecule has 4 aromatic rings. The molecule has 0 unspecified atom stereocenters. The number of nitrogens with two attached hydrogens (primary N) is 5. The first-order valence-corrected chi connectivity index (χ1v) is 43.4. The van der Waals surface area contributed by atoms with E-state index in [1.54, 1.807) is 74.5 Å². The van der Waals surface area contributed by atoms with Crippen LogP contribution in [0, 0.1) is 11.3 Å². The average molecular weight is 1880 g/mol. The van der Waals surface area contributed by atoms with Crippen LogP contribution < -0.4 is 108 Å². The van der Waals surface area contributed by atoms with Crippen molar-refractivity contribution in [2.45, 2.75) is 215 Å². The molecule has 0 spiro atoms. The molecule has 0 radical (unpaired) electrons. The van der Waals surface area contributed by atoms with Gasteiger partial charge >= 0.3 is 11.9 Å². The lowest BCUT2D eigenvalue weighted by Crippen LogP contribution is -2.61. The van der Waals surface area contributed by atoms with Gasteiger partial charge in [0.2, 0.25) is 106 Å². The van der Waals surface area contributed by atoms with E-state index in [-0.39, 0.29) is 133 Å². The number of nitrogens with zero attached hydrogens (tertiary/aromatic N) is 3. The molecule has 0 saturated carbocycles. The summed E-state index contributed by atoms with van der Waals surface area (Å²) in [6, 6.07) is 2.44. The zero-order valence-corrected chi connectivity index (χ0v) is 74.3. The molecular formula is C85H121N25O24. The lowest BCUT2D eigenvalue weighted by Gasteiger charge is -2.31. The third kappa shape index (κ3) is 37.2. The third-order valence-corrected chi connectivity index (χ3v) is 21.3. The van der Waals surface area contributed by atoms with Crippen molar-refractivity contribution in [2.75, 3.05) is 52.4 Å². The molecule has 18 amide bonds. The summed E-state index contributed by atoms with van der Waals surface area (Å²) in [5, 5.41) is 84.7. The predicted molar refractivity (Wildman–Crippen MR) is 474 cm³/mol. The van der Waals surface area contributed by atoms with E-state index in [1.807, 2.05) is 0 Å². The van der Waals surface area contributed by atoms with Gasteiger partial charge in [0.05, 0.1) is 51.1 Å². The molecule has 14 atom stereocenters. The van der Waals surface area contributed by atoms with Gasteiger partial charge in [-0.05, 0) is 112 Å². The van der Waals surface area contributed by atoms with E-state index in [0.29, 0.717) is 23.1 Å². The molecule has 1 aromatic heterocycles. The number of likely N-dealkylation sites (tertiary alicyclic amines) is 2. The van der Waals surface area contributed by atoms with Gasteiger partial charge in [-0.1, -0.05) is 86.6 Å². The fraction of sp³-hybridized carbons (Fsp3) is 0.506. The van der Waals surface area contributed by atoms with Crippen molar-refractivity contribution in [1.29, 1.82) is 5.41 Å². The second-order valence-electron chi connectivity index (χ2n) is 32.5. The molecule has 49 heteroatoms. The Balaban J connectivity index is 1.09. The van der Waals surface area contributed by atoms with E-state index >= 15 is 0 Å². The molecular weight excluding hydrogens is 1760 g/mol. The van der Waals surface area contributed by atoms with Gasteiger partial charge in [-0.2, -0.15) is 0 Å². The van der Waals surface area contributed by atoms with Crippen molar-refractivity contribution in [3.63, 3.8) is 0 Å². The van der Waals surface area contributed by atoms with E-state index in [2.05, 4.69) is 89.7 Å². The summed E-state index contributed by atoms with van der Waals surface area (Å²) in [4.78, 5) is 280. The van der Waals surface area contributed by atoms with E-state index in [0.717, 1.165) is 16.7 Å². The van der Waals surface area contributed by atoms with Crippen LogP contribution in [0.15, 0.2) is 97.5 Å². The number of carbonyl (C=O) groups excluding carboxylic acids is 18. The number of aliphatic hydroxyl groups excluding tert-OH is 1. The standard InChI is InChI=1S/C85H121N25O24/c1-45(2)33-56(78(127)107-61(36-49-20-22-51(112)23-21-49)83(132)110-32-11-18-62(110)81(130)103-54(25-27-70(119)120)76(125)106-60(38-65(89)114)74(123)97-43-69(118)109-31-12-19-63(109)84(133)134)99-67(116)41-94-66(115)40-95-73(122)57(34-47-13-6-4-7-14-47)104-80(129)59(37-50-39-92-44-98-50)100-68(117)42-96-82(131)71(46(3)111)108-77(126)55(28-29-86)102-79(128)58(35-48-15-8-5-9-16-48)105-75(124)53(17-10-30-93-85(90)91)101-72(121)52(87)24-26-64(88)113/h4-9,13-16,20-23,39,44-46,52-63,71,111-112H,10-12,17-19,24-38,40-43,86-87H2,1-3H3,(H2,88,113)(H2,89,114)(H,92,98)(H,94,115)(H,95,122)(H,96,131)(H,97,123)(H,99,116)(H,100,117)(H,101,121)(H,102,128)(H,103,130)(H,104,129)(H,105,124)(H,106,125)(H,107,127)(H,108,126)(H,119,120)(H,133,134)(H4,90,91,93)/t46-,52+,53+,54+,55+,56+,57+,58+,59+,60+,61+,62+,63+,71+/m1/s1. The number of aromatic amines is 1. The Morgan fingerprint density at radius 1 is 0.478 bits per heavy atom. The molecule has 0 bridgehead atoms. The minimum atomic E-state index is -1.84. The van der Waals surface area contributed by atoms with Crippen LogP contribution in [0.1, 0.15) is 127 Å². The zero-order valence-electron chi connectivity index (χ0n) is 74.3. The van der Waals surface area contributed by atoms with E-state index in [4.69, 9.17) is 34.1 Å². The Labute approximate surface area is 769 Å². The summed E-state index contributed by atoms with van der Waals surface area (Å²) in [5.41, 5.74) is 29.7. The Morgan fingerprint density at radius 3 is 1.51 bits per heavy atom. The number of nitrogens with one attached hydrogen (secondary N) is 17. The summed E-state index contributed by atoms with van der Waals surface area (Å²) in [7, 11) is 0. The van der Waals surface area contributed by atoms with Gasteiger partial charge in [-0.3, -0.25) is 96.5 Å². The van der Waals surface area contributed by atoms with E-state index in [9.17, 15) is 116 Å². The number of carboxylic acids is 2. The number of primary amides is 2. The van der Waals surface area contributed by atoms with Crippen LogP contribution in [0.5, 0.6) is 5.75 Å². The number of aliphatic carboxylic acids is 2. The van der Waals surface area contributed by atoms with Gasteiger partial charge in [-0.15, -0.1) is 0 Å². The second-order valence-corrected chi connectivity index (χ2v) is 32.5. The van der Waals surface area contributed by atoms with Crippen molar-refractivity contribution >= 4 is 124 Å². The van der Waals surface area contributed by atoms with Crippen LogP contribution in [0.2, 0.25) is 0 Å². The molecule has 2 aliphatic rings. The molecule has 2 saturated heterocycles. The first-order valence-electron chi connectivity index (χ1n) is 43.4. The summed E-state index contributed by atoms with van der Waals surface area (Å²) in [5.74, 6) is -20.9.